The highest BCUT2D eigenvalue weighted by Crippen LogP contribution is 2.33. The number of rotatable bonds is 5. The van der Waals surface area contributed by atoms with E-state index in [1.807, 2.05) is 0 Å². The van der Waals surface area contributed by atoms with Gasteiger partial charge in [-0.25, -0.2) is 28.1 Å². The summed E-state index contributed by atoms with van der Waals surface area (Å²) in [7, 11) is -3.79. The van der Waals surface area contributed by atoms with E-state index in [1.165, 1.54) is 22.5 Å². The van der Waals surface area contributed by atoms with Crippen molar-refractivity contribution in [2.45, 2.75) is 36.4 Å². The van der Waals surface area contributed by atoms with Gasteiger partial charge in [0.2, 0.25) is 10.0 Å². The molecule has 4 heterocycles. The summed E-state index contributed by atoms with van der Waals surface area (Å²) in [6.45, 7) is 0.488. The fraction of sp³-hybridized carbons (Fsp3) is 0.333. The minimum atomic E-state index is -4.47. The average Bonchev–Trinajstić information content (AvgIpc) is 3.34. The normalized spacial score (nSPS) is 17.2. The minimum Gasteiger partial charge on any atom is -0.465 e. The molecular formula is C24H22F3N5O5S2. The fourth-order valence-electron chi connectivity index (χ4n) is 4.45. The van der Waals surface area contributed by atoms with Crippen LogP contribution in [0.15, 0.2) is 47.5 Å². The van der Waals surface area contributed by atoms with Gasteiger partial charge in [0, 0.05) is 43.9 Å². The molecule has 0 spiro atoms. The number of halogens is 3. The molecule has 39 heavy (non-hydrogen) atoms. The number of benzene rings is 1. The van der Waals surface area contributed by atoms with E-state index in [0.717, 1.165) is 28.5 Å². The van der Waals surface area contributed by atoms with Crippen molar-refractivity contribution in [3.8, 4) is 10.6 Å². The van der Waals surface area contributed by atoms with Crippen LogP contribution >= 0.6 is 11.3 Å². The lowest BCUT2D eigenvalue weighted by molar-refractivity contribution is -0.137. The highest BCUT2D eigenvalue weighted by atomic mass is 32.2. The maximum absolute atomic E-state index is 13.2. The van der Waals surface area contributed by atoms with Crippen molar-refractivity contribution in [3.05, 3.63) is 58.7 Å². The van der Waals surface area contributed by atoms with Gasteiger partial charge in [0.05, 0.1) is 16.2 Å². The lowest BCUT2D eigenvalue weighted by atomic mass is 10.1. The predicted molar refractivity (Wildman–Crippen MR) is 135 cm³/mol. The molecule has 0 unspecified atom stereocenters. The quantitative estimate of drug-likeness (QED) is 0.459. The second kappa shape index (κ2) is 10.2. The zero-order valence-electron chi connectivity index (χ0n) is 20.2. The molecule has 2 aromatic heterocycles. The third kappa shape index (κ3) is 5.46. The zero-order chi connectivity index (χ0) is 27.9. The molecule has 1 fully saturated rings. The van der Waals surface area contributed by atoms with Crippen molar-refractivity contribution in [3.63, 3.8) is 0 Å². The number of carbonyl (C=O) groups is 2. The van der Waals surface area contributed by atoms with Crippen LogP contribution in [-0.2, 0) is 22.6 Å². The van der Waals surface area contributed by atoms with E-state index < -0.39 is 33.8 Å². The van der Waals surface area contributed by atoms with Gasteiger partial charge in [-0.05, 0) is 37.1 Å². The van der Waals surface area contributed by atoms with Gasteiger partial charge in [0.25, 0.3) is 5.91 Å². The lowest BCUT2D eigenvalue weighted by Gasteiger charge is -2.32. The summed E-state index contributed by atoms with van der Waals surface area (Å²) < 4.78 is 65.9. The van der Waals surface area contributed by atoms with E-state index in [1.54, 1.807) is 12.1 Å². The first-order valence-electron chi connectivity index (χ1n) is 11.9. The number of aromatic nitrogens is 2. The number of sulfonamides is 1. The van der Waals surface area contributed by atoms with Crippen molar-refractivity contribution < 1.29 is 36.3 Å². The van der Waals surface area contributed by atoms with Crippen molar-refractivity contribution in [1.82, 2.24) is 19.2 Å². The number of hydrogen-bond donors (Lipinski definition) is 2. The molecule has 5 rings (SSSR count). The second-order valence-corrected chi connectivity index (χ2v) is 12.0. The van der Waals surface area contributed by atoms with Crippen LogP contribution in [0, 0.1) is 0 Å². The molecule has 1 aromatic carbocycles. The maximum atomic E-state index is 13.2. The third-order valence-electron chi connectivity index (χ3n) is 6.58. The topological polar surface area (TPSA) is 133 Å². The molecule has 10 nitrogen and oxygen atoms in total. The lowest BCUT2D eigenvalue weighted by Crippen LogP contribution is -2.42. The van der Waals surface area contributed by atoms with Crippen LogP contribution in [0.2, 0.25) is 0 Å². The van der Waals surface area contributed by atoms with Crippen LogP contribution in [0.25, 0.3) is 10.6 Å². The fourth-order valence-corrected chi connectivity index (χ4v) is 6.99. The van der Waals surface area contributed by atoms with Crippen LogP contribution in [0.4, 0.5) is 23.8 Å². The SMILES string of the molecule is O=C(O)N1CCc2nc(-c3ccc(S(=O)(=O)N4CCC(Nc5ccc(C(F)(F)F)cn5)CC4)cc3)sc2C1=O. The molecule has 0 atom stereocenters. The van der Waals surface area contributed by atoms with Gasteiger partial charge in [-0.15, -0.1) is 11.3 Å². The molecule has 0 saturated carbocycles. The molecule has 2 aliphatic rings. The van der Waals surface area contributed by atoms with Gasteiger partial charge in [-0.2, -0.15) is 17.5 Å². The van der Waals surface area contributed by atoms with Crippen LogP contribution in [0.1, 0.15) is 33.8 Å². The van der Waals surface area contributed by atoms with Crippen molar-refractivity contribution >= 4 is 39.2 Å². The Labute approximate surface area is 225 Å². The van der Waals surface area contributed by atoms with Gasteiger partial charge in [-0.1, -0.05) is 12.1 Å². The number of nitrogens with zero attached hydrogens (tertiary/aromatic N) is 4. The van der Waals surface area contributed by atoms with Gasteiger partial charge in [0.1, 0.15) is 15.7 Å². The van der Waals surface area contributed by atoms with Crippen LogP contribution in [-0.4, -0.2) is 70.4 Å². The van der Waals surface area contributed by atoms with E-state index in [2.05, 4.69) is 15.3 Å². The molecular weight excluding hydrogens is 559 g/mol. The third-order valence-corrected chi connectivity index (χ3v) is 9.62. The number of carbonyl (C=O) groups excluding carboxylic acids is 1. The summed E-state index contributed by atoms with van der Waals surface area (Å²) in [5.74, 6) is -0.320. The van der Waals surface area contributed by atoms with Crippen LogP contribution in [0.3, 0.4) is 0 Å². The number of hydrogen-bond acceptors (Lipinski definition) is 8. The Morgan fingerprint density at radius 1 is 1.08 bits per heavy atom. The number of anilines is 1. The number of alkyl halides is 3. The Hall–Kier alpha value is -3.56. The number of amides is 2. The van der Waals surface area contributed by atoms with E-state index in [0.29, 0.717) is 41.3 Å². The van der Waals surface area contributed by atoms with E-state index in [9.17, 15) is 36.3 Å². The Morgan fingerprint density at radius 2 is 1.77 bits per heavy atom. The molecule has 3 aromatic rings. The van der Waals surface area contributed by atoms with Crippen LogP contribution < -0.4 is 5.32 Å². The molecule has 206 valence electrons. The van der Waals surface area contributed by atoms with Crippen molar-refractivity contribution in [1.29, 1.82) is 0 Å². The number of piperidine rings is 1. The number of fused-ring (bicyclic) bond motifs is 1. The Balaban J connectivity index is 1.22. The number of thiazole rings is 1. The molecule has 15 heteroatoms. The van der Waals surface area contributed by atoms with Gasteiger partial charge < -0.3 is 10.4 Å². The first-order chi connectivity index (χ1) is 18.4. The molecule has 1 saturated heterocycles. The number of carboxylic acid groups (broad SMARTS) is 1. The average molecular weight is 582 g/mol. The minimum absolute atomic E-state index is 0.0363. The summed E-state index contributed by atoms with van der Waals surface area (Å²) >= 11 is 1.07. The number of imide groups is 1. The van der Waals surface area contributed by atoms with Gasteiger partial charge in [-0.3, -0.25) is 4.79 Å². The predicted octanol–water partition coefficient (Wildman–Crippen LogP) is 4.17. The largest absolute Gasteiger partial charge is 0.465 e. The monoisotopic (exact) mass is 581 g/mol. The summed E-state index contributed by atoms with van der Waals surface area (Å²) in [5.41, 5.74) is 0.292. The summed E-state index contributed by atoms with van der Waals surface area (Å²) in [6, 6.07) is 8.19. The Bertz CT molecular complexity index is 1500. The van der Waals surface area contributed by atoms with E-state index in [-0.39, 0.29) is 35.4 Å². The highest BCUT2D eigenvalue weighted by molar-refractivity contribution is 7.89. The number of nitrogens with one attached hydrogen (secondary N) is 1. The van der Waals surface area contributed by atoms with E-state index >= 15 is 0 Å². The zero-order valence-corrected chi connectivity index (χ0v) is 21.8. The molecule has 0 bridgehead atoms. The Morgan fingerprint density at radius 3 is 2.36 bits per heavy atom. The van der Waals surface area contributed by atoms with Gasteiger partial charge >= 0.3 is 12.3 Å². The maximum Gasteiger partial charge on any atom is 0.417 e. The Kier molecular flexibility index (Phi) is 7.07. The summed E-state index contributed by atoms with van der Waals surface area (Å²) in [5, 5.41) is 12.7. The second-order valence-electron chi connectivity index (χ2n) is 9.06. The first kappa shape index (κ1) is 27.0. The number of pyridine rings is 1. The highest BCUT2D eigenvalue weighted by Gasteiger charge is 2.34. The molecule has 2 aliphatic heterocycles. The van der Waals surface area contributed by atoms with Crippen molar-refractivity contribution in [2.75, 3.05) is 25.0 Å². The summed E-state index contributed by atoms with van der Waals surface area (Å²) in [6.07, 6.45) is -3.80. The molecule has 2 N–H and O–H groups in total. The van der Waals surface area contributed by atoms with Gasteiger partial charge in [0.15, 0.2) is 0 Å². The first-order valence-corrected chi connectivity index (χ1v) is 14.1. The van der Waals surface area contributed by atoms with Crippen LogP contribution in [0.5, 0.6) is 0 Å². The van der Waals surface area contributed by atoms with Crippen molar-refractivity contribution in [2.24, 2.45) is 0 Å². The molecule has 0 radical (unpaired) electrons. The summed E-state index contributed by atoms with van der Waals surface area (Å²) in [4.78, 5) is 33.0. The smallest absolute Gasteiger partial charge is 0.417 e. The molecule has 2 amide bonds. The standard InChI is InChI=1S/C24H22F3N5O5S2/c25-24(26,27)15-3-6-19(28-13-15)29-16-7-10-31(11-8-16)39(36,37)17-4-1-14(2-5-17)21-30-18-9-12-32(23(34)35)22(33)20(18)38-21/h1-6,13,16H,7-12H2,(H,28,29)(H,34,35). The van der Waals surface area contributed by atoms with E-state index in [4.69, 9.17) is 0 Å². The molecule has 0 aliphatic carbocycles.